The molecule has 2 aromatic carbocycles. The van der Waals surface area contributed by atoms with E-state index in [0.717, 1.165) is 22.4 Å². The van der Waals surface area contributed by atoms with Crippen molar-refractivity contribution in [1.82, 2.24) is 4.98 Å². The Morgan fingerprint density at radius 2 is 1.50 bits per heavy atom. The van der Waals surface area contributed by atoms with E-state index in [4.69, 9.17) is 2.74 Å². The van der Waals surface area contributed by atoms with E-state index in [1.165, 1.54) is 0 Å². The average Bonchev–Trinajstić information content (AvgIpc) is 2.55. The molecular weight excluding hydrogens is 242 g/mol. The summed E-state index contributed by atoms with van der Waals surface area (Å²) in [5.41, 5.74) is 4.81. The molecule has 0 aliphatic rings. The molecule has 1 nitrogen and oxygen atoms in total. The van der Waals surface area contributed by atoms with Gasteiger partial charge in [0.1, 0.15) is 0 Å². The van der Waals surface area contributed by atoms with Gasteiger partial charge in [0.2, 0.25) is 0 Å². The van der Waals surface area contributed by atoms with E-state index in [0.29, 0.717) is 5.56 Å². The highest BCUT2D eigenvalue weighted by atomic mass is 14.7. The van der Waals surface area contributed by atoms with Gasteiger partial charge in [-0.2, -0.15) is 0 Å². The van der Waals surface area contributed by atoms with Crippen LogP contribution in [0, 0.1) is 0 Å². The van der Waals surface area contributed by atoms with Crippen LogP contribution in [-0.2, 0) is 6.37 Å². The first-order chi connectivity index (χ1) is 10.5. The van der Waals surface area contributed by atoms with E-state index < -0.39 is 6.37 Å². The third-order valence-corrected chi connectivity index (χ3v) is 3.34. The Hall–Kier alpha value is -2.41. The van der Waals surface area contributed by atoms with Gasteiger partial charge in [0.15, 0.2) is 0 Å². The Balaban J connectivity index is 1.87. The zero-order valence-electron chi connectivity index (χ0n) is 13.4. The number of rotatable bonds is 3. The van der Waals surface area contributed by atoms with Crippen molar-refractivity contribution in [2.45, 2.75) is 13.3 Å². The van der Waals surface area contributed by atoms with Crippen LogP contribution in [0.5, 0.6) is 0 Å². The molecule has 0 unspecified atom stereocenters. The molecule has 0 aliphatic carbocycles. The van der Waals surface area contributed by atoms with Crippen molar-refractivity contribution in [3.8, 4) is 22.4 Å². The van der Waals surface area contributed by atoms with Gasteiger partial charge in [-0.1, -0.05) is 67.6 Å². The largest absolute Gasteiger partial charge is 0.256 e. The molecule has 0 fully saturated rings. The molecular formula is C19H17N. The fourth-order valence-corrected chi connectivity index (χ4v) is 2.17. The second-order valence-electron chi connectivity index (χ2n) is 4.63. The van der Waals surface area contributed by atoms with Gasteiger partial charge >= 0.3 is 0 Å². The van der Waals surface area contributed by atoms with Crippen molar-refractivity contribution < 1.29 is 2.74 Å². The van der Waals surface area contributed by atoms with Crippen LogP contribution in [0.3, 0.4) is 0 Å². The molecule has 1 heteroatoms. The molecule has 0 N–H and O–H groups in total. The number of aromatic nitrogens is 1. The number of hydrogen-bond acceptors (Lipinski definition) is 1. The lowest BCUT2D eigenvalue weighted by Gasteiger charge is -2.05. The van der Waals surface area contributed by atoms with Gasteiger partial charge in [-0.05, 0) is 23.6 Å². The fraction of sp³-hybridized carbons (Fsp3) is 0.105. The normalized spacial score (nSPS) is 12.7. The molecule has 0 radical (unpaired) electrons. The number of nitrogens with zero attached hydrogens (tertiary/aromatic N) is 1. The topological polar surface area (TPSA) is 12.9 Å². The third kappa shape index (κ3) is 2.62. The molecule has 20 heavy (non-hydrogen) atoms. The van der Waals surface area contributed by atoms with Crippen LogP contribution in [0.15, 0.2) is 72.9 Å². The zero-order chi connectivity index (χ0) is 15.6. The summed E-state index contributed by atoms with van der Waals surface area (Å²) < 4.78 is 15.5. The second-order valence-corrected chi connectivity index (χ2v) is 4.63. The van der Waals surface area contributed by atoms with Gasteiger partial charge in [0.05, 0.1) is 5.69 Å². The van der Waals surface area contributed by atoms with Crippen molar-refractivity contribution in [3.63, 3.8) is 0 Å². The van der Waals surface area contributed by atoms with Crippen LogP contribution in [-0.4, -0.2) is 4.98 Å². The fourth-order valence-electron chi connectivity index (χ4n) is 2.17. The zero-order valence-corrected chi connectivity index (χ0v) is 11.4. The summed E-state index contributed by atoms with van der Waals surface area (Å²) in [5, 5.41) is 0. The van der Waals surface area contributed by atoms with Gasteiger partial charge in [0, 0.05) is 20.1 Å². The predicted octanol–water partition coefficient (Wildman–Crippen LogP) is 4.98. The van der Waals surface area contributed by atoms with Gasteiger partial charge in [0.25, 0.3) is 0 Å². The molecule has 0 atom stereocenters. The van der Waals surface area contributed by atoms with Crippen molar-refractivity contribution >= 4 is 0 Å². The van der Waals surface area contributed by atoms with E-state index in [1.807, 2.05) is 72.9 Å². The van der Waals surface area contributed by atoms with Crippen molar-refractivity contribution in [2.75, 3.05) is 0 Å². The lowest BCUT2D eigenvalue weighted by atomic mass is 10.0. The molecule has 0 saturated carbocycles. The molecule has 0 spiro atoms. The summed E-state index contributed by atoms with van der Waals surface area (Å²) in [4.78, 5) is 4.52. The molecule has 0 bridgehead atoms. The van der Waals surface area contributed by atoms with Gasteiger partial charge in [-0.15, -0.1) is 0 Å². The van der Waals surface area contributed by atoms with Crippen LogP contribution in [0.25, 0.3) is 22.4 Å². The quantitative estimate of drug-likeness (QED) is 0.648. The summed E-state index contributed by atoms with van der Waals surface area (Å²) in [6.07, 6.45) is 0.547. The Kier molecular flexibility index (Phi) is 2.96. The number of hydrogen-bond donors (Lipinski definition) is 0. The van der Waals surface area contributed by atoms with Gasteiger partial charge in [-0.3, -0.25) is 4.98 Å². The Morgan fingerprint density at radius 3 is 2.10 bits per heavy atom. The van der Waals surface area contributed by atoms with Gasteiger partial charge in [-0.25, -0.2) is 0 Å². The maximum atomic E-state index is 7.73. The van der Waals surface area contributed by atoms with E-state index >= 15 is 0 Å². The van der Waals surface area contributed by atoms with Crippen LogP contribution in [0.2, 0.25) is 0 Å². The molecule has 0 saturated heterocycles. The van der Waals surface area contributed by atoms with Crippen LogP contribution >= 0.6 is 0 Å². The minimum Gasteiger partial charge on any atom is -0.256 e. The molecule has 0 aliphatic heterocycles. The molecule has 1 heterocycles. The van der Waals surface area contributed by atoms with Crippen LogP contribution in [0.4, 0.5) is 0 Å². The Morgan fingerprint density at radius 1 is 0.800 bits per heavy atom. The predicted molar refractivity (Wildman–Crippen MR) is 84.5 cm³/mol. The SMILES string of the molecule is [2H]C([2H])(C)c1ccc(-c2ccc(-c3ccccc3)nc2)cc1. The minimum atomic E-state index is -1.31. The maximum Gasteiger partial charge on any atom is 0.0702 e. The van der Waals surface area contributed by atoms with E-state index in [1.54, 1.807) is 6.92 Å². The summed E-state index contributed by atoms with van der Waals surface area (Å²) in [5.74, 6) is 0. The van der Waals surface area contributed by atoms with Crippen LogP contribution < -0.4 is 0 Å². The lowest BCUT2D eigenvalue weighted by molar-refractivity contribution is 1.14. The van der Waals surface area contributed by atoms with Crippen molar-refractivity contribution in [3.05, 3.63) is 78.5 Å². The lowest BCUT2D eigenvalue weighted by Crippen LogP contribution is -1.85. The van der Waals surface area contributed by atoms with Gasteiger partial charge < -0.3 is 0 Å². The molecule has 3 rings (SSSR count). The van der Waals surface area contributed by atoms with E-state index in [9.17, 15) is 0 Å². The summed E-state index contributed by atoms with van der Waals surface area (Å²) in [6.45, 7) is 1.57. The smallest absolute Gasteiger partial charge is 0.0702 e. The van der Waals surface area contributed by atoms with E-state index in [-0.39, 0.29) is 0 Å². The Bertz CT molecular complexity index is 742. The highest BCUT2D eigenvalue weighted by molar-refractivity contribution is 5.66. The van der Waals surface area contributed by atoms with E-state index in [2.05, 4.69) is 4.98 Å². The number of aryl methyl sites for hydroxylation is 1. The van der Waals surface area contributed by atoms with Crippen LogP contribution in [0.1, 0.15) is 15.2 Å². The standard InChI is InChI=1S/C19H17N/c1-2-15-8-10-16(11-9-15)18-12-13-19(20-14-18)17-6-4-3-5-7-17/h3-14H,2H2,1H3/i2D2. The van der Waals surface area contributed by atoms with Crippen molar-refractivity contribution in [1.29, 1.82) is 0 Å². The summed E-state index contributed by atoms with van der Waals surface area (Å²) >= 11 is 0. The number of pyridine rings is 1. The summed E-state index contributed by atoms with van der Waals surface area (Å²) in [7, 11) is 0. The highest BCUT2D eigenvalue weighted by Crippen LogP contribution is 2.22. The second kappa shape index (κ2) is 5.70. The molecule has 1 aromatic heterocycles. The summed E-state index contributed by atoms with van der Waals surface area (Å²) in [6, 6.07) is 21.7. The average molecular weight is 261 g/mol. The highest BCUT2D eigenvalue weighted by Gasteiger charge is 2.01. The monoisotopic (exact) mass is 261 g/mol. The number of benzene rings is 2. The maximum absolute atomic E-state index is 7.73. The minimum absolute atomic E-state index is 0.685. The first-order valence-corrected chi connectivity index (χ1v) is 6.66. The molecule has 98 valence electrons. The van der Waals surface area contributed by atoms with Crippen molar-refractivity contribution in [2.24, 2.45) is 0 Å². The Labute approximate surface area is 122 Å². The first kappa shape index (κ1) is 10.4. The third-order valence-electron chi connectivity index (χ3n) is 3.34. The first-order valence-electron chi connectivity index (χ1n) is 7.66. The molecule has 0 amide bonds. The molecule has 3 aromatic rings.